The van der Waals surface area contributed by atoms with Crippen LogP contribution in [0.15, 0.2) is 24.5 Å². The Morgan fingerprint density at radius 2 is 2.24 bits per heavy atom. The summed E-state index contributed by atoms with van der Waals surface area (Å²) in [5.74, 6) is 0. The molecule has 1 N–H and O–H groups in total. The van der Waals surface area contributed by atoms with Gasteiger partial charge >= 0.3 is 6.03 Å². The molecule has 9 nitrogen and oxygen atoms in total. The Morgan fingerprint density at radius 3 is 2.92 bits per heavy atom. The number of amides is 2. The molecule has 2 saturated heterocycles. The third-order valence-electron chi connectivity index (χ3n) is 4.46. The molecule has 0 unspecified atom stereocenters. The van der Waals surface area contributed by atoms with Gasteiger partial charge in [-0.3, -0.25) is 4.98 Å². The van der Waals surface area contributed by atoms with Crippen molar-refractivity contribution in [2.45, 2.75) is 18.7 Å². The maximum atomic E-state index is 12.5. The zero-order valence-corrected chi connectivity index (χ0v) is 15.1. The van der Waals surface area contributed by atoms with Gasteiger partial charge in [-0.05, 0) is 11.6 Å². The number of carbonyl (C=O) groups excluding carboxylic acids is 1. The van der Waals surface area contributed by atoms with E-state index in [2.05, 4.69) is 10.3 Å². The fraction of sp³-hybridized carbons (Fsp3) is 0.600. The molecular formula is C15H23N5O4S. The normalized spacial score (nSPS) is 24.4. The molecule has 3 rings (SSSR count). The highest BCUT2D eigenvalue weighted by atomic mass is 32.2. The number of hydrogen-bond donors (Lipinski definition) is 1. The van der Waals surface area contributed by atoms with Gasteiger partial charge in [0.15, 0.2) is 0 Å². The van der Waals surface area contributed by atoms with E-state index >= 15 is 0 Å². The minimum Gasteiger partial charge on any atom is -0.373 e. The molecule has 0 saturated carbocycles. The Bertz CT molecular complexity index is 712. The van der Waals surface area contributed by atoms with E-state index < -0.39 is 10.2 Å². The second-order valence-electron chi connectivity index (χ2n) is 6.30. The van der Waals surface area contributed by atoms with Crippen LogP contribution < -0.4 is 5.32 Å². The second kappa shape index (κ2) is 7.24. The van der Waals surface area contributed by atoms with E-state index in [1.54, 1.807) is 17.3 Å². The van der Waals surface area contributed by atoms with Gasteiger partial charge in [-0.2, -0.15) is 17.0 Å². The van der Waals surface area contributed by atoms with E-state index in [1.165, 1.54) is 22.7 Å². The van der Waals surface area contributed by atoms with Crippen molar-refractivity contribution < 1.29 is 17.9 Å². The molecule has 0 radical (unpaired) electrons. The molecule has 0 aromatic carbocycles. The van der Waals surface area contributed by atoms with Crippen LogP contribution in [-0.2, 0) is 21.5 Å². The van der Waals surface area contributed by atoms with Crippen molar-refractivity contribution in [3.63, 3.8) is 0 Å². The van der Waals surface area contributed by atoms with Gasteiger partial charge in [0.1, 0.15) is 0 Å². The Labute approximate surface area is 147 Å². The van der Waals surface area contributed by atoms with Crippen molar-refractivity contribution in [2.75, 3.05) is 40.3 Å². The van der Waals surface area contributed by atoms with E-state index in [0.717, 1.165) is 5.56 Å². The summed E-state index contributed by atoms with van der Waals surface area (Å²) >= 11 is 0. The van der Waals surface area contributed by atoms with Crippen molar-refractivity contribution in [1.82, 2.24) is 23.8 Å². The van der Waals surface area contributed by atoms with Crippen LogP contribution in [0.25, 0.3) is 0 Å². The van der Waals surface area contributed by atoms with E-state index in [4.69, 9.17) is 4.74 Å². The van der Waals surface area contributed by atoms with Gasteiger partial charge in [0.2, 0.25) is 0 Å². The largest absolute Gasteiger partial charge is 0.373 e. The number of likely N-dealkylation sites (tertiary alicyclic amines) is 1. The maximum absolute atomic E-state index is 12.5. The Hall–Kier alpha value is -1.75. The number of fused-ring (bicyclic) bond motifs is 1. The molecule has 138 valence electrons. The molecular weight excluding hydrogens is 346 g/mol. The molecule has 0 aliphatic carbocycles. The highest BCUT2D eigenvalue weighted by Gasteiger charge is 2.46. The number of nitrogens with one attached hydrogen (secondary N) is 1. The molecule has 1 aromatic heterocycles. The summed E-state index contributed by atoms with van der Waals surface area (Å²) in [6, 6.07) is 3.10. The summed E-state index contributed by atoms with van der Waals surface area (Å²) in [7, 11) is -0.524. The van der Waals surface area contributed by atoms with Gasteiger partial charge in [0.05, 0.1) is 25.3 Å². The van der Waals surface area contributed by atoms with Gasteiger partial charge < -0.3 is 15.0 Å². The smallest absolute Gasteiger partial charge is 0.317 e. The molecule has 2 amide bonds. The molecule has 2 aliphatic rings. The van der Waals surface area contributed by atoms with Gasteiger partial charge in [-0.1, -0.05) is 6.07 Å². The first-order valence-electron chi connectivity index (χ1n) is 8.12. The van der Waals surface area contributed by atoms with E-state index in [1.807, 2.05) is 12.1 Å². The first-order chi connectivity index (χ1) is 11.9. The fourth-order valence-corrected chi connectivity index (χ4v) is 4.38. The van der Waals surface area contributed by atoms with Crippen molar-refractivity contribution in [3.05, 3.63) is 30.1 Å². The summed E-state index contributed by atoms with van der Waals surface area (Å²) in [4.78, 5) is 18.0. The number of carbonyl (C=O) groups is 1. The van der Waals surface area contributed by atoms with Gasteiger partial charge in [-0.25, -0.2) is 4.79 Å². The van der Waals surface area contributed by atoms with Crippen molar-refractivity contribution in [2.24, 2.45) is 0 Å². The highest BCUT2D eigenvalue weighted by molar-refractivity contribution is 7.86. The lowest BCUT2D eigenvalue weighted by Crippen LogP contribution is -2.56. The summed E-state index contributed by atoms with van der Waals surface area (Å²) in [6.45, 7) is 1.70. The standard InChI is InChI=1S/C15H23N5O4S/c1-18(2)25(22,23)20-6-7-24-14-11-19(10-13(14)20)15(21)17-9-12-4-3-5-16-8-12/h3-5,8,13-14H,6-7,9-11H2,1-2H3,(H,17,21)/t13-,14+/m1/s1. The van der Waals surface area contributed by atoms with Gasteiger partial charge in [-0.15, -0.1) is 0 Å². The topological polar surface area (TPSA) is 95.1 Å². The Kier molecular flexibility index (Phi) is 5.23. The van der Waals surface area contributed by atoms with Crippen LogP contribution in [0, 0.1) is 0 Å². The third-order valence-corrected chi connectivity index (χ3v) is 6.43. The third kappa shape index (κ3) is 3.76. The number of morpholine rings is 1. The zero-order chi connectivity index (χ0) is 18.0. The SMILES string of the molecule is CN(C)S(=O)(=O)N1CCO[C@H]2CN(C(=O)NCc3cccnc3)C[C@H]21. The molecule has 0 spiro atoms. The van der Waals surface area contributed by atoms with E-state index in [9.17, 15) is 13.2 Å². The van der Waals surface area contributed by atoms with E-state index in [0.29, 0.717) is 32.8 Å². The Morgan fingerprint density at radius 1 is 1.44 bits per heavy atom. The average molecular weight is 369 g/mol. The highest BCUT2D eigenvalue weighted by Crippen LogP contribution is 2.26. The molecule has 0 bridgehead atoms. The van der Waals surface area contributed by atoms with Crippen molar-refractivity contribution >= 4 is 16.2 Å². The number of urea groups is 1. The van der Waals surface area contributed by atoms with Crippen LogP contribution in [0.2, 0.25) is 0 Å². The lowest BCUT2D eigenvalue weighted by atomic mass is 10.2. The van der Waals surface area contributed by atoms with Crippen molar-refractivity contribution in [3.8, 4) is 0 Å². The molecule has 1 aromatic rings. The fourth-order valence-electron chi connectivity index (χ4n) is 3.11. The summed E-state index contributed by atoms with van der Waals surface area (Å²) < 4.78 is 33.3. The summed E-state index contributed by atoms with van der Waals surface area (Å²) in [5.41, 5.74) is 0.903. The average Bonchev–Trinajstić information content (AvgIpc) is 3.04. The molecule has 2 atom stereocenters. The predicted molar refractivity (Wildman–Crippen MR) is 90.9 cm³/mol. The van der Waals surface area contributed by atoms with Crippen LogP contribution >= 0.6 is 0 Å². The first kappa shape index (κ1) is 18.1. The quantitative estimate of drug-likeness (QED) is 0.771. The van der Waals surface area contributed by atoms with Crippen LogP contribution in [-0.4, -0.2) is 85.4 Å². The minimum absolute atomic E-state index is 0.232. The van der Waals surface area contributed by atoms with Crippen LogP contribution in [0.4, 0.5) is 4.79 Å². The monoisotopic (exact) mass is 369 g/mol. The Balaban J connectivity index is 1.64. The number of ether oxygens (including phenoxy) is 1. The van der Waals surface area contributed by atoms with Gasteiger partial charge in [0, 0.05) is 46.1 Å². The van der Waals surface area contributed by atoms with Crippen LogP contribution in [0.3, 0.4) is 0 Å². The zero-order valence-electron chi connectivity index (χ0n) is 14.3. The van der Waals surface area contributed by atoms with Crippen LogP contribution in [0.1, 0.15) is 5.56 Å². The number of nitrogens with zero attached hydrogens (tertiary/aromatic N) is 4. The number of aromatic nitrogens is 1. The first-order valence-corrected chi connectivity index (χ1v) is 9.52. The van der Waals surface area contributed by atoms with Crippen LogP contribution in [0.5, 0.6) is 0 Å². The number of pyridine rings is 1. The second-order valence-corrected chi connectivity index (χ2v) is 8.40. The predicted octanol–water partition coefficient (Wildman–Crippen LogP) is -0.517. The summed E-state index contributed by atoms with van der Waals surface area (Å²) in [5, 5.41) is 2.84. The molecule has 10 heteroatoms. The lowest BCUT2D eigenvalue weighted by Gasteiger charge is -2.36. The molecule has 3 heterocycles. The number of rotatable bonds is 4. The van der Waals surface area contributed by atoms with Crippen molar-refractivity contribution in [1.29, 1.82) is 0 Å². The maximum Gasteiger partial charge on any atom is 0.317 e. The van der Waals surface area contributed by atoms with Gasteiger partial charge in [0.25, 0.3) is 10.2 Å². The molecule has 2 aliphatic heterocycles. The molecule has 2 fully saturated rings. The molecule has 25 heavy (non-hydrogen) atoms. The summed E-state index contributed by atoms with van der Waals surface area (Å²) in [6.07, 6.45) is 3.07. The minimum atomic E-state index is -3.54. The lowest BCUT2D eigenvalue weighted by molar-refractivity contribution is -0.0172. The van der Waals surface area contributed by atoms with E-state index in [-0.39, 0.29) is 18.2 Å². The number of hydrogen-bond acceptors (Lipinski definition) is 5.